The van der Waals surface area contributed by atoms with Crippen LogP contribution in [0, 0.1) is 0 Å². The van der Waals surface area contributed by atoms with Gasteiger partial charge in [0.25, 0.3) is 0 Å². The Hall–Kier alpha value is -1.74. The average molecular weight is 404 g/mol. The second-order valence-corrected chi connectivity index (χ2v) is 6.79. The fraction of sp³-hybridized carbons (Fsp3) is 0.737. The van der Waals surface area contributed by atoms with E-state index in [0.717, 1.165) is 51.4 Å². The first kappa shape index (κ1) is 22.5. The monoisotopic (exact) mass is 404 g/mol. The standard InChI is InChI=1S/C19H31F3N4O2/c20-19(21,22)7-1-2-8-23-18(25-10-6-17-5-3-14-28-17)24-9-4-11-26-12-15-27-16-13-26/h3,5,14H,1-2,4,6-13,15-16H2,(H2,23,24,25). The molecule has 1 fully saturated rings. The maximum atomic E-state index is 12.2. The van der Waals surface area contributed by atoms with Crippen molar-refractivity contribution in [1.82, 2.24) is 15.5 Å². The van der Waals surface area contributed by atoms with Gasteiger partial charge in [0.2, 0.25) is 0 Å². The van der Waals surface area contributed by atoms with Crippen molar-refractivity contribution >= 4 is 5.96 Å². The summed E-state index contributed by atoms with van der Waals surface area (Å²) < 4.78 is 47.3. The van der Waals surface area contributed by atoms with Crippen LogP contribution >= 0.6 is 0 Å². The smallest absolute Gasteiger partial charge is 0.389 e. The summed E-state index contributed by atoms with van der Waals surface area (Å²) >= 11 is 0. The highest BCUT2D eigenvalue weighted by atomic mass is 19.4. The van der Waals surface area contributed by atoms with Gasteiger partial charge < -0.3 is 19.8 Å². The van der Waals surface area contributed by atoms with Crippen molar-refractivity contribution < 1.29 is 22.3 Å². The number of nitrogens with one attached hydrogen (secondary N) is 2. The molecule has 9 heteroatoms. The molecule has 0 atom stereocenters. The van der Waals surface area contributed by atoms with E-state index in [-0.39, 0.29) is 6.42 Å². The van der Waals surface area contributed by atoms with Crippen molar-refractivity contribution in [2.45, 2.75) is 38.3 Å². The summed E-state index contributed by atoms with van der Waals surface area (Å²) in [5, 5.41) is 6.36. The maximum absolute atomic E-state index is 12.2. The molecular formula is C19H31F3N4O2. The molecule has 1 aromatic heterocycles. The molecule has 0 aliphatic carbocycles. The van der Waals surface area contributed by atoms with Gasteiger partial charge in [-0.3, -0.25) is 9.89 Å². The number of rotatable bonds is 11. The Bertz CT molecular complexity index is 544. The van der Waals surface area contributed by atoms with E-state index in [0.29, 0.717) is 32.0 Å². The molecule has 0 aromatic carbocycles. The van der Waals surface area contributed by atoms with E-state index in [9.17, 15) is 13.2 Å². The van der Waals surface area contributed by atoms with E-state index in [2.05, 4.69) is 20.5 Å². The number of unbranched alkanes of at least 4 members (excludes halogenated alkanes) is 1. The lowest BCUT2D eigenvalue weighted by molar-refractivity contribution is -0.135. The lowest BCUT2D eigenvalue weighted by atomic mass is 10.2. The minimum Gasteiger partial charge on any atom is -0.469 e. The number of hydrogen-bond donors (Lipinski definition) is 2. The number of guanidine groups is 1. The molecule has 1 aromatic rings. The van der Waals surface area contributed by atoms with Crippen molar-refractivity contribution in [2.24, 2.45) is 4.99 Å². The molecule has 0 unspecified atom stereocenters. The summed E-state index contributed by atoms with van der Waals surface area (Å²) in [7, 11) is 0. The Morgan fingerprint density at radius 1 is 1.11 bits per heavy atom. The number of nitrogens with zero attached hydrogens (tertiary/aromatic N) is 2. The summed E-state index contributed by atoms with van der Waals surface area (Å²) in [5.41, 5.74) is 0. The number of aliphatic imine (C=N–C) groups is 1. The van der Waals surface area contributed by atoms with Gasteiger partial charge in [0.15, 0.2) is 5.96 Å². The highest BCUT2D eigenvalue weighted by molar-refractivity contribution is 5.79. The van der Waals surface area contributed by atoms with E-state index >= 15 is 0 Å². The number of ether oxygens (including phenoxy) is 1. The van der Waals surface area contributed by atoms with Crippen LogP contribution < -0.4 is 10.6 Å². The fourth-order valence-electron chi connectivity index (χ4n) is 2.90. The van der Waals surface area contributed by atoms with Gasteiger partial charge >= 0.3 is 6.18 Å². The molecule has 0 radical (unpaired) electrons. The van der Waals surface area contributed by atoms with E-state index in [1.54, 1.807) is 6.26 Å². The van der Waals surface area contributed by atoms with Crippen LogP contribution in [-0.4, -0.2) is 69.5 Å². The molecular weight excluding hydrogens is 373 g/mol. The van der Waals surface area contributed by atoms with Crippen molar-refractivity contribution in [3.05, 3.63) is 24.2 Å². The van der Waals surface area contributed by atoms with Crippen LogP contribution in [0.3, 0.4) is 0 Å². The van der Waals surface area contributed by atoms with Gasteiger partial charge in [0.1, 0.15) is 5.76 Å². The van der Waals surface area contributed by atoms with Gasteiger partial charge in [-0.05, 0) is 31.4 Å². The zero-order valence-corrected chi connectivity index (χ0v) is 16.3. The van der Waals surface area contributed by atoms with Crippen LogP contribution in [0.5, 0.6) is 0 Å². The van der Waals surface area contributed by atoms with Crippen LogP contribution in [0.1, 0.15) is 31.4 Å². The second kappa shape index (κ2) is 12.7. The molecule has 0 amide bonds. The Morgan fingerprint density at radius 3 is 2.61 bits per heavy atom. The third-order valence-corrected chi connectivity index (χ3v) is 4.43. The van der Waals surface area contributed by atoms with Gasteiger partial charge in [-0.25, -0.2) is 0 Å². The zero-order chi connectivity index (χ0) is 20.1. The third-order valence-electron chi connectivity index (χ3n) is 4.43. The quantitative estimate of drug-likeness (QED) is 0.337. The zero-order valence-electron chi connectivity index (χ0n) is 16.3. The van der Waals surface area contributed by atoms with E-state index in [4.69, 9.17) is 9.15 Å². The first-order valence-electron chi connectivity index (χ1n) is 9.94. The first-order chi connectivity index (χ1) is 13.5. The molecule has 2 rings (SSSR count). The van der Waals surface area contributed by atoms with E-state index < -0.39 is 12.6 Å². The van der Waals surface area contributed by atoms with Gasteiger partial charge in [-0.15, -0.1) is 0 Å². The summed E-state index contributed by atoms with van der Waals surface area (Å²) in [6.07, 6.45) is -0.979. The predicted octanol–water partition coefficient (Wildman–Crippen LogP) is 2.81. The molecule has 2 heterocycles. The van der Waals surface area contributed by atoms with Crippen molar-refractivity contribution in [3.8, 4) is 0 Å². The lowest BCUT2D eigenvalue weighted by Crippen LogP contribution is -2.39. The predicted molar refractivity (Wildman–Crippen MR) is 103 cm³/mol. The fourth-order valence-corrected chi connectivity index (χ4v) is 2.90. The number of morpholine rings is 1. The molecule has 0 spiro atoms. The average Bonchev–Trinajstić information content (AvgIpc) is 3.18. The summed E-state index contributed by atoms with van der Waals surface area (Å²) in [6.45, 7) is 6.21. The van der Waals surface area contributed by atoms with Crippen molar-refractivity contribution in [2.75, 3.05) is 52.5 Å². The SMILES string of the molecule is FC(F)(F)CCCCNC(=NCCCN1CCOCC1)NCCc1ccco1. The van der Waals surface area contributed by atoms with Gasteiger partial charge in [-0.2, -0.15) is 13.2 Å². The topological polar surface area (TPSA) is 62.0 Å². The van der Waals surface area contributed by atoms with Crippen LogP contribution in [0.25, 0.3) is 0 Å². The van der Waals surface area contributed by atoms with E-state index in [1.165, 1.54) is 0 Å². The molecule has 1 saturated heterocycles. The largest absolute Gasteiger partial charge is 0.469 e. The minimum absolute atomic E-state index is 0.118. The van der Waals surface area contributed by atoms with E-state index in [1.807, 2.05) is 12.1 Å². The van der Waals surface area contributed by atoms with Crippen LogP contribution in [0.4, 0.5) is 13.2 Å². The summed E-state index contributed by atoms with van der Waals surface area (Å²) in [6, 6.07) is 3.75. The molecule has 2 N–H and O–H groups in total. The third kappa shape index (κ3) is 10.6. The highest BCUT2D eigenvalue weighted by Gasteiger charge is 2.25. The van der Waals surface area contributed by atoms with Gasteiger partial charge in [0.05, 0.1) is 19.5 Å². The highest BCUT2D eigenvalue weighted by Crippen LogP contribution is 2.21. The molecule has 1 aliphatic rings. The molecule has 28 heavy (non-hydrogen) atoms. The Balaban J connectivity index is 1.68. The number of hydrogen-bond acceptors (Lipinski definition) is 4. The van der Waals surface area contributed by atoms with Crippen molar-refractivity contribution in [1.29, 1.82) is 0 Å². The summed E-state index contributed by atoms with van der Waals surface area (Å²) in [4.78, 5) is 6.91. The number of alkyl halides is 3. The Kier molecular flexibility index (Phi) is 10.2. The molecule has 0 saturated carbocycles. The second-order valence-electron chi connectivity index (χ2n) is 6.79. The van der Waals surface area contributed by atoms with Crippen LogP contribution in [0.15, 0.2) is 27.8 Å². The maximum Gasteiger partial charge on any atom is 0.389 e. The minimum atomic E-state index is -4.09. The lowest BCUT2D eigenvalue weighted by Gasteiger charge is -2.26. The van der Waals surface area contributed by atoms with Crippen LogP contribution in [0.2, 0.25) is 0 Å². The summed E-state index contributed by atoms with van der Waals surface area (Å²) in [5.74, 6) is 1.52. The molecule has 160 valence electrons. The number of furan rings is 1. The van der Waals surface area contributed by atoms with Crippen molar-refractivity contribution in [3.63, 3.8) is 0 Å². The molecule has 0 bridgehead atoms. The number of halogens is 3. The molecule has 6 nitrogen and oxygen atoms in total. The van der Waals surface area contributed by atoms with Gasteiger partial charge in [-0.1, -0.05) is 0 Å². The molecule has 1 aliphatic heterocycles. The Morgan fingerprint density at radius 2 is 1.89 bits per heavy atom. The normalized spacial score (nSPS) is 16.3. The van der Waals surface area contributed by atoms with Gasteiger partial charge in [0, 0.05) is 52.1 Å². The van der Waals surface area contributed by atoms with Crippen LogP contribution in [-0.2, 0) is 11.2 Å². The first-order valence-corrected chi connectivity index (χ1v) is 9.94. The Labute approximate surface area is 164 Å².